The third kappa shape index (κ3) is 71.6. The van der Waals surface area contributed by atoms with E-state index in [1.54, 1.807) is 0 Å². The molecule has 19 heteroatoms. The molecule has 17 nitrogen and oxygen atoms in total. The molecule has 0 rings (SSSR count). The molecule has 0 fully saturated rings. The van der Waals surface area contributed by atoms with E-state index in [4.69, 9.17) is 37.0 Å². The van der Waals surface area contributed by atoms with E-state index in [1.165, 1.54) is 57.8 Å². The molecule has 0 radical (unpaired) electrons. The Balaban J connectivity index is 5.41. The van der Waals surface area contributed by atoms with Crippen LogP contribution < -0.4 is 0 Å². The first-order valence-corrected chi connectivity index (χ1v) is 41.4. The lowest BCUT2D eigenvalue weighted by Gasteiger charge is -2.21. The first-order chi connectivity index (χ1) is 48.7. The van der Waals surface area contributed by atoms with E-state index in [0.29, 0.717) is 32.1 Å². The summed E-state index contributed by atoms with van der Waals surface area (Å²) >= 11 is 0. The number of aliphatic hydroxyl groups is 1. The molecule has 0 amide bonds. The molecule has 100 heavy (non-hydrogen) atoms. The summed E-state index contributed by atoms with van der Waals surface area (Å²) in [5, 5.41) is 10.6. The van der Waals surface area contributed by atoms with Crippen molar-refractivity contribution in [2.24, 2.45) is 0 Å². The molecule has 0 aliphatic carbocycles. The van der Waals surface area contributed by atoms with Gasteiger partial charge in [0.2, 0.25) is 0 Å². The molecule has 5 atom stereocenters. The number of aliphatic hydroxyl groups excluding tert-OH is 1. The van der Waals surface area contributed by atoms with Gasteiger partial charge in [-0.15, -0.1) is 0 Å². The molecule has 0 aliphatic heterocycles. The summed E-state index contributed by atoms with van der Waals surface area (Å²) < 4.78 is 68.4. The van der Waals surface area contributed by atoms with E-state index in [9.17, 15) is 43.2 Å². The second kappa shape index (κ2) is 72.5. The maximum absolute atomic E-state index is 13.1. The number of allylic oxidation sites excluding steroid dienone is 22. The van der Waals surface area contributed by atoms with Crippen molar-refractivity contribution < 1.29 is 80.2 Å². The lowest BCUT2D eigenvalue weighted by molar-refractivity contribution is -0.161. The summed E-state index contributed by atoms with van der Waals surface area (Å²) in [5.41, 5.74) is 0. The lowest BCUT2D eigenvalue weighted by Crippen LogP contribution is -2.30. The van der Waals surface area contributed by atoms with Crippen molar-refractivity contribution in [3.8, 4) is 0 Å². The van der Waals surface area contributed by atoms with Gasteiger partial charge in [0.05, 0.1) is 26.4 Å². The maximum atomic E-state index is 13.1. The number of unbranched alkanes of at least 4 members (excludes halogenated alkanes) is 23. The van der Waals surface area contributed by atoms with Crippen molar-refractivity contribution in [2.75, 3.05) is 39.6 Å². The third-order valence-corrected chi connectivity index (χ3v) is 17.5. The maximum Gasteiger partial charge on any atom is 0.472 e. The molecule has 0 heterocycles. The highest BCUT2D eigenvalue weighted by Gasteiger charge is 2.30. The molecule has 572 valence electrons. The van der Waals surface area contributed by atoms with Crippen molar-refractivity contribution in [3.05, 3.63) is 134 Å². The van der Waals surface area contributed by atoms with Crippen LogP contribution in [0.3, 0.4) is 0 Å². The smallest absolute Gasteiger partial charge is 0.462 e. The number of ether oxygens (including phenoxy) is 4. The highest BCUT2D eigenvalue weighted by atomic mass is 31.2. The number of carbonyl (C=O) groups excluding carboxylic acids is 4. The van der Waals surface area contributed by atoms with Gasteiger partial charge in [0.1, 0.15) is 19.3 Å². The van der Waals surface area contributed by atoms with E-state index in [1.807, 2.05) is 12.2 Å². The van der Waals surface area contributed by atoms with Crippen LogP contribution >= 0.6 is 15.6 Å². The zero-order chi connectivity index (χ0) is 73.2. The van der Waals surface area contributed by atoms with Gasteiger partial charge >= 0.3 is 39.5 Å². The van der Waals surface area contributed by atoms with Gasteiger partial charge in [-0.2, -0.15) is 0 Å². The van der Waals surface area contributed by atoms with Crippen LogP contribution in [-0.4, -0.2) is 96.7 Å². The normalized spacial score (nSPS) is 14.7. The van der Waals surface area contributed by atoms with Gasteiger partial charge in [0, 0.05) is 25.7 Å². The van der Waals surface area contributed by atoms with Crippen LogP contribution in [0.1, 0.15) is 297 Å². The Morgan fingerprint density at radius 1 is 0.290 bits per heavy atom. The molecule has 0 spiro atoms. The van der Waals surface area contributed by atoms with Gasteiger partial charge in [0.25, 0.3) is 0 Å². The average Bonchev–Trinajstić information content (AvgIpc) is 1.02. The fraction of sp³-hybridized carbons (Fsp3) is 0.679. The fourth-order valence-corrected chi connectivity index (χ4v) is 11.4. The third-order valence-electron chi connectivity index (χ3n) is 15.6. The molecule has 0 aromatic rings. The monoisotopic (exact) mass is 1440 g/mol. The van der Waals surface area contributed by atoms with Crippen LogP contribution in [0.25, 0.3) is 0 Å². The molecule has 0 aromatic heterocycles. The highest BCUT2D eigenvalue weighted by Crippen LogP contribution is 2.45. The van der Waals surface area contributed by atoms with Crippen molar-refractivity contribution >= 4 is 39.5 Å². The number of phosphoric ester groups is 2. The van der Waals surface area contributed by atoms with Gasteiger partial charge < -0.3 is 33.8 Å². The Labute approximate surface area is 605 Å². The topological polar surface area (TPSA) is 237 Å². The molecule has 0 saturated heterocycles. The van der Waals surface area contributed by atoms with Crippen LogP contribution in [0, 0.1) is 0 Å². The zero-order valence-corrected chi connectivity index (χ0v) is 64.1. The van der Waals surface area contributed by atoms with Gasteiger partial charge in [0.15, 0.2) is 12.2 Å². The Morgan fingerprint density at radius 3 is 0.860 bits per heavy atom. The molecule has 0 aromatic carbocycles. The summed E-state index contributed by atoms with van der Waals surface area (Å²) in [6.45, 7) is 4.50. The van der Waals surface area contributed by atoms with E-state index >= 15 is 0 Å². The van der Waals surface area contributed by atoms with Crippen LogP contribution in [0.2, 0.25) is 0 Å². The predicted octanol–water partition coefficient (Wildman–Crippen LogP) is 22.1. The Hall–Kier alpha value is -4.80. The van der Waals surface area contributed by atoms with Crippen molar-refractivity contribution in [2.45, 2.75) is 316 Å². The molecular weight excluding hydrogens is 1310 g/mol. The second-order valence-electron chi connectivity index (χ2n) is 25.2. The van der Waals surface area contributed by atoms with Crippen LogP contribution in [-0.2, 0) is 65.4 Å². The van der Waals surface area contributed by atoms with Gasteiger partial charge in [-0.3, -0.25) is 37.3 Å². The second-order valence-corrected chi connectivity index (χ2v) is 28.1. The van der Waals surface area contributed by atoms with Gasteiger partial charge in [-0.1, -0.05) is 271 Å². The molecular formula is C81H136O17P2. The van der Waals surface area contributed by atoms with Crippen molar-refractivity contribution in [1.82, 2.24) is 0 Å². The number of rotatable bonds is 71. The van der Waals surface area contributed by atoms with Crippen molar-refractivity contribution in [1.29, 1.82) is 0 Å². The van der Waals surface area contributed by atoms with Gasteiger partial charge in [-0.25, -0.2) is 9.13 Å². The highest BCUT2D eigenvalue weighted by molar-refractivity contribution is 7.47. The van der Waals surface area contributed by atoms with E-state index in [-0.39, 0.29) is 25.7 Å². The summed E-state index contributed by atoms with van der Waals surface area (Å²) in [5.74, 6) is -2.28. The van der Waals surface area contributed by atoms with Crippen LogP contribution in [0.4, 0.5) is 0 Å². The molecule has 5 unspecified atom stereocenters. The predicted molar refractivity (Wildman–Crippen MR) is 408 cm³/mol. The fourth-order valence-electron chi connectivity index (χ4n) is 9.81. The Morgan fingerprint density at radius 2 is 0.530 bits per heavy atom. The van der Waals surface area contributed by atoms with Crippen LogP contribution in [0.15, 0.2) is 134 Å². The SMILES string of the molecule is CC/C=C\C/C=C\C/C=C\C/C=C\C/C=C\CCCC(=O)OCC(COP(=O)(O)OCC(O)COP(=O)(O)OCC(COC(=O)CCCCCC/C=C\C/C=C\C/C=C\C/C=C\CC)OC(=O)CCCCCCCCCCCCC)OC(=O)CCCCCCC/C=C\C/C=C\CCCCC. The van der Waals surface area contributed by atoms with E-state index in [0.717, 1.165) is 154 Å². The van der Waals surface area contributed by atoms with Gasteiger partial charge in [-0.05, 0) is 135 Å². The number of hydrogen-bond acceptors (Lipinski definition) is 15. The first kappa shape index (κ1) is 95.2. The largest absolute Gasteiger partial charge is 0.472 e. The Bertz CT molecular complexity index is 2420. The number of carbonyl (C=O) groups is 4. The molecule has 0 aliphatic rings. The summed E-state index contributed by atoms with van der Waals surface area (Å²) in [6.07, 6.45) is 80.2. The van der Waals surface area contributed by atoms with E-state index in [2.05, 4.69) is 149 Å². The van der Waals surface area contributed by atoms with Crippen LogP contribution in [0.5, 0.6) is 0 Å². The number of esters is 4. The minimum Gasteiger partial charge on any atom is -0.462 e. The standard InChI is InChI=1S/C81H136O17P2/c1-5-9-13-17-21-25-29-32-35-37-40-42-46-49-53-57-61-65-78(83)91-71-76(97-80(85)67-63-59-55-51-45-28-24-20-16-12-8-4)73-95-99(87,88)93-69-75(82)70-94-100(89,90)96-74-77(98-81(86)68-64-60-56-52-48-44-39-34-31-27-23-19-15-11-7-3)72-92-79(84)66-62-58-54-50-47-43-41-38-36-33-30-26-22-18-14-10-6-2/h9-10,13-14,21-23,25-27,32-36,39-43,50,54,75-77,82H,5-8,11-12,15-20,24,28-31,37-38,44-49,51-53,55-74H2,1-4H3,(H,87,88)(H,89,90)/b13-9-,14-10-,25-21-,26-22-,27-23-,35-32-,36-33-,39-34-,42-40-,43-41-,54-50-. The molecule has 0 saturated carbocycles. The first-order valence-electron chi connectivity index (χ1n) is 38.4. The Kier molecular flexibility index (Phi) is 69.1. The minimum atomic E-state index is -4.99. The average molecular weight is 1440 g/mol. The number of hydrogen-bond donors (Lipinski definition) is 3. The van der Waals surface area contributed by atoms with Crippen molar-refractivity contribution in [3.63, 3.8) is 0 Å². The molecule has 0 bridgehead atoms. The minimum absolute atomic E-state index is 0.0636. The summed E-state index contributed by atoms with van der Waals surface area (Å²) in [7, 11) is -9.98. The zero-order valence-electron chi connectivity index (χ0n) is 62.3. The lowest BCUT2D eigenvalue weighted by atomic mass is 10.1. The number of phosphoric acid groups is 2. The summed E-state index contributed by atoms with van der Waals surface area (Å²) in [6, 6.07) is 0. The summed E-state index contributed by atoms with van der Waals surface area (Å²) in [4.78, 5) is 72.8. The molecule has 3 N–H and O–H groups in total. The van der Waals surface area contributed by atoms with E-state index < -0.39 is 97.5 Å². The quantitative estimate of drug-likeness (QED) is 0.0169.